The molecule has 7 heteroatoms. The highest BCUT2D eigenvalue weighted by atomic mass is 16.5. The van der Waals surface area contributed by atoms with Gasteiger partial charge in [0.25, 0.3) is 0 Å². The Hall–Kier alpha value is -2.96. The Kier molecular flexibility index (Phi) is 6.88. The Morgan fingerprint density at radius 2 is 1.60 bits per heavy atom. The molecule has 1 aromatic carbocycles. The van der Waals surface area contributed by atoms with Crippen LogP contribution in [0.4, 0.5) is 16.3 Å². The molecule has 25 heavy (non-hydrogen) atoms. The highest BCUT2D eigenvalue weighted by Gasteiger charge is 2.16. The van der Waals surface area contributed by atoms with Crippen molar-refractivity contribution < 1.29 is 19.0 Å². The number of amides is 2. The van der Waals surface area contributed by atoms with E-state index in [2.05, 4.69) is 15.6 Å². The number of pyridine rings is 1. The van der Waals surface area contributed by atoms with Crippen molar-refractivity contribution in [3.05, 3.63) is 36.5 Å². The second-order valence-electron chi connectivity index (χ2n) is 4.89. The maximum absolute atomic E-state index is 12.2. The summed E-state index contributed by atoms with van der Waals surface area (Å²) in [5.74, 6) is 2.02. The van der Waals surface area contributed by atoms with Crippen LogP contribution >= 0.6 is 0 Å². The van der Waals surface area contributed by atoms with Crippen molar-refractivity contribution in [3.8, 4) is 17.2 Å². The lowest BCUT2D eigenvalue weighted by atomic mass is 10.2. The third-order valence-electron chi connectivity index (χ3n) is 3.07. The zero-order chi connectivity index (χ0) is 18.1. The number of urea groups is 1. The van der Waals surface area contributed by atoms with E-state index in [9.17, 15) is 4.79 Å². The van der Waals surface area contributed by atoms with Crippen LogP contribution in [0, 0.1) is 0 Å². The fourth-order valence-electron chi connectivity index (χ4n) is 2.18. The Bertz CT molecular complexity index is 665. The van der Waals surface area contributed by atoms with E-state index in [0.29, 0.717) is 48.6 Å². The fraction of sp³-hybridized carbons (Fsp3) is 0.333. The van der Waals surface area contributed by atoms with E-state index in [1.54, 1.807) is 36.5 Å². The van der Waals surface area contributed by atoms with Crippen molar-refractivity contribution in [1.82, 2.24) is 4.98 Å². The van der Waals surface area contributed by atoms with Crippen molar-refractivity contribution in [2.24, 2.45) is 0 Å². The SMILES string of the molecule is CCOc1cc(NC(=O)Nc2ccccn2)cc(OCC)c1OCC. The smallest absolute Gasteiger partial charge is 0.324 e. The first-order valence-corrected chi connectivity index (χ1v) is 8.23. The minimum Gasteiger partial charge on any atom is -0.490 e. The lowest BCUT2D eigenvalue weighted by Gasteiger charge is -2.17. The standard InChI is InChI=1S/C18H23N3O4/c1-4-23-14-11-13(12-15(24-5-2)17(14)25-6-3)20-18(22)21-16-9-7-8-10-19-16/h7-12H,4-6H2,1-3H3,(H2,19,20,21,22). The summed E-state index contributed by atoms with van der Waals surface area (Å²) in [6.07, 6.45) is 1.60. The molecule has 1 heterocycles. The summed E-state index contributed by atoms with van der Waals surface area (Å²) in [5.41, 5.74) is 0.531. The average Bonchev–Trinajstić information content (AvgIpc) is 2.59. The highest BCUT2D eigenvalue weighted by Crippen LogP contribution is 2.40. The summed E-state index contributed by atoms with van der Waals surface area (Å²) < 4.78 is 16.9. The Morgan fingerprint density at radius 3 is 2.12 bits per heavy atom. The first-order chi connectivity index (χ1) is 12.2. The Labute approximate surface area is 147 Å². The molecule has 0 unspecified atom stereocenters. The molecule has 0 atom stereocenters. The maximum atomic E-state index is 12.2. The molecule has 0 fully saturated rings. The van der Waals surface area contributed by atoms with Crippen molar-refractivity contribution in [1.29, 1.82) is 0 Å². The zero-order valence-corrected chi connectivity index (χ0v) is 14.7. The molecule has 134 valence electrons. The van der Waals surface area contributed by atoms with Gasteiger partial charge in [0.1, 0.15) is 5.82 Å². The predicted molar refractivity (Wildman–Crippen MR) is 96.8 cm³/mol. The number of ether oxygens (including phenoxy) is 3. The van der Waals surface area contributed by atoms with Crippen molar-refractivity contribution in [3.63, 3.8) is 0 Å². The van der Waals surface area contributed by atoms with Crippen LogP contribution in [0.25, 0.3) is 0 Å². The molecule has 2 aromatic rings. The van der Waals surface area contributed by atoms with Crippen molar-refractivity contribution in [2.75, 3.05) is 30.5 Å². The predicted octanol–water partition coefficient (Wildman–Crippen LogP) is 3.92. The number of hydrogen-bond donors (Lipinski definition) is 2. The molecule has 0 spiro atoms. The summed E-state index contributed by atoms with van der Waals surface area (Å²) in [4.78, 5) is 16.2. The minimum atomic E-state index is -0.409. The molecule has 2 rings (SSSR count). The molecule has 0 aliphatic rings. The average molecular weight is 345 g/mol. The van der Waals surface area contributed by atoms with Gasteiger partial charge in [-0.15, -0.1) is 0 Å². The summed E-state index contributed by atoms with van der Waals surface area (Å²) in [6.45, 7) is 7.06. The van der Waals surface area contributed by atoms with Gasteiger partial charge in [0.15, 0.2) is 11.5 Å². The van der Waals surface area contributed by atoms with Crippen LogP contribution in [-0.2, 0) is 0 Å². The van der Waals surface area contributed by atoms with Gasteiger partial charge >= 0.3 is 6.03 Å². The van der Waals surface area contributed by atoms with E-state index in [4.69, 9.17) is 14.2 Å². The summed E-state index contributed by atoms with van der Waals surface area (Å²) >= 11 is 0. The first kappa shape index (κ1) is 18.4. The normalized spacial score (nSPS) is 10.0. The molecule has 1 aromatic heterocycles. The molecular formula is C18H23N3O4. The van der Waals surface area contributed by atoms with Crippen LogP contribution in [0.1, 0.15) is 20.8 Å². The Morgan fingerprint density at radius 1 is 0.960 bits per heavy atom. The minimum absolute atomic E-state index is 0.409. The lowest BCUT2D eigenvalue weighted by molar-refractivity contribution is 0.260. The number of benzene rings is 1. The molecule has 0 saturated carbocycles. The third-order valence-corrected chi connectivity index (χ3v) is 3.07. The Balaban J connectivity index is 2.22. The summed E-state index contributed by atoms with van der Waals surface area (Å²) in [7, 11) is 0. The molecule has 0 aliphatic carbocycles. The van der Waals surface area contributed by atoms with Crippen LogP contribution in [0.5, 0.6) is 17.2 Å². The molecule has 0 bridgehead atoms. The van der Waals surface area contributed by atoms with Gasteiger partial charge in [0.2, 0.25) is 5.75 Å². The fourth-order valence-corrected chi connectivity index (χ4v) is 2.18. The molecule has 0 saturated heterocycles. The second kappa shape index (κ2) is 9.36. The van der Waals surface area contributed by atoms with Crippen LogP contribution in [0.2, 0.25) is 0 Å². The van der Waals surface area contributed by atoms with Gasteiger partial charge in [-0.2, -0.15) is 0 Å². The van der Waals surface area contributed by atoms with Crippen molar-refractivity contribution in [2.45, 2.75) is 20.8 Å². The van der Waals surface area contributed by atoms with Crippen LogP contribution < -0.4 is 24.8 Å². The summed E-state index contributed by atoms with van der Waals surface area (Å²) in [5, 5.41) is 5.41. The molecule has 2 N–H and O–H groups in total. The van der Waals surface area contributed by atoms with Crippen LogP contribution in [-0.4, -0.2) is 30.8 Å². The molecule has 0 aliphatic heterocycles. The number of aromatic nitrogens is 1. The monoisotopic (exact) mass is 345 g/mol. The number of nitrogens with one attached hydrogen (secondary N) is 2. The van der Waals surface area contributed by atoms with Gasteiger partial charge in [-0.1, -0.05) is 6.07 Å². The zero-order valence-electron chi connectivity index (χ0n) is 14.7. The molecule has 2 amide bonds. The quantitative estimate of drug-likeness (QED) is 0.758. The number of nitrogens with zero attached hydrogens (tertiary/aromatic N) is 1. The van der Waals surface area contributed by atoms with Gasteiger partial charge in [-0.25, -0.2) is 9.78 Å². The van der Waals surface area contributed by atoms with E-state index >= 15 is 0 Å². The topological polar surface area (TPSA) is 81.7 Å². The number of anilines is 2. The number of carbonyl (C=O) groups excluding carboxylic acids is 1. The largest absolute Gasteiger partial charge is 0.490 e. The number of hydrogen-bond acceptors (Lipinski definition) is 5. The van der Waals surface area contributed by atoms with E-state index in [-0.39, 0.29) is 0 Å². The van der Waals surface area contributed by atoms with Gasteiger partial charge in [-0.3, -0.25) is 5.32 Å². The van der Waals surface area contributed by atoms with Gasteiger partial charge < -0.3 is 19.5 Å². The van der Waals surface area contributed by atoms with E-state index in [0.717, 1.165) is 0 Å². The van der Waals surface area contributed by atoms with Gasteiger partial charge in [-0.05, 0) is 32.9 Å². The highest BCUT2D eigenvalue weighted by molar-refractivity contribution is 5.99. The van der Waals surface area contributed by atoms with Gasteiger partial charge in [0.05, 0.1) is 25.5 Å². The third kappa shape index (κ3) is 5.27. The maximum Gasteiger partial charge on any atom is 0.324 e. The lowest BCUT2D eigenvalue weighted by Crippen LogP contribution is -2.20. The molecule has 0 radical (unpaired) electrons. The molecular weight excluding hydrogens is 322 g/mol. The van der Waals surface area contributed by atoms with Crippen LogP contribution in [0.15, 0.2) is 36.5 Å². The number of rotatable bonds is 8. The number of carbonyl (C=O) groups is 1. The van der Waals surface area contributed by atoms with Crippen molar-refractivity contribution >= 4 is 17.5 Å². The van der Waals surface area contributed by atoms with E-state index < -0.39 is 6.03 Å². The summed E-state index contributed by atoms with van der Waals surface area (Å²) in [6, 6.07) is 8.27. The van der Waals surface area contributed by atoms with E-state index in [1.807, 2.05) is 20.8 Å². The van der Waals surface area contributed by atoms with Crippen LogP contribution in [0.3, 0.4) is 0 Å². The van der Waals surface area contributed by atoms with Gasteiger partial charge in [0, 0.05) is 18.3 Å². The first-order valence-electron chi connectivity index (χ1n) is 8.23. The van der Waals surface area contributed by atoms with E-state index in [1.165, 1.54) is 0 Å². The second-order valence-corrected chi connectivity index (χ2v) is 4.89. The molecule has 7 nitrogen and oxygen atoms in total.